The molecule has 0 bridgehead atoms. The third-order valence-electron chi connectivity index (χ3n) is 3.93. The predicted octanol–water partition coefficient (Wildman–Crippen LogP) is 1.13. The Balaban J connectivity index is 2.07. The van der Waals surface area contributed by atoms with Crippen molar-refractivity contribution in [2.75, 3.05) is 7.11 Å². The summed E-state index contributed by atoms with van der Waals surface area (Å²) in [5.41, 5.74) is 6.18. The summed E-state index contributed by atoms with van der Waals surface area (Å²) in [7, 11) is 1.77. The summed E-state index contributed by atoms with van der Waals surface area (Å²) in [6.07, 6.45) is 6.88. The Bertz CT molecular complexity index is 357. The minimum Gasteiger partial charge on any atom is -0.377 e. The van der Waals surface area contributed by atoms with Crippen LogP contribution in [0.25, 0.3) is 0 Å². The maximum Gasteiger partial charge on any atom is 0.138 e. The lowest BCUT2D eigenvalue weighted by atomic mass is 9.90. The van der Waals surface area contributed by atoms with Crippen LogP contribution in [-0.4, -0.2) is 33.5 Å². The first-order chi connectivity index (χ1) is 8.22. The highest BCUT2D eigenvalue weighted by Gasteiger charge is 2.40. The van der Waals surface area contributed by atoms with E-state index in [4.69, 9.17) is 10.5 Å². The lowest BCUT2D eigenvalue weighted by Crippen LogP contribution is -2.49. The van der Waals surface area contributed by atoms with E-state index in [9.17, 15) is 0 Å². The first kappa shape index (κ1) is 12.5. The highest BCUT2D eigenvalue weighted by molar-refractivity contribution is 5.01. The Morgan fingerprint density at radius 2 is 2.24 bits per heavy atom. The quantitative estimate of drug-likeness (QED) is 0.835. The van der Waals surface area contributed by atoms with Crippen LogP contribution >= 0.6 is 0 Å². The van der Waals surface area contributed by atoms with Gasteiger partial charge < -0.3 is 10.5 Å². The minimum absolute atomic E-state index is 0.00417. The normalized spacial score (nSPS) is 20.6. The van der Waals surface area contributed by atoms with Gasteiger partial charge in [-0.15, -0.1) is 0 Å². The molecule has 1 aromatic rings. The minimum atomic E-state index is -0.148. The molecule has 1 aliphatic carbocycles. The van der Waals surface area contributed by atoms with Gasteiger partial charge in [-0.05, 0) is 19.8 Å². The molecule has 2 N–H and O–H groups in total. The molecule has 1 atom stereocenters. The van der Waals surface area contributed by atoms with Crippen LogP contribution in [0.2, 0.25) is 0 Å². The lowest BCUT2D eigenvalue weighted by molar-refractivity contribution is -0.0259. The molecule has 1 unspecified atom stereocenters. The highest BCUT2D eigenvalue weighted by Crippen LogP contribution is 2.35. The number of ether oxygens (including phenoxy) is 1. The van der Waals surface area contributed by atoms with Crippen molar-refractivity contribution in [3.63, 3.8) is 0 Å². The molecule has 0 aliphatic heterocycles. The van der Waals surface area contributed by atoms with Crippen molar-refractivity contribution >= 4 is 0 Å². The van der Waals surface area contributed by atoms with Crippen LogP contribution in [0.3, 0.4) is 0 Å². The molecule has 0 saturated heterocycles. The van der Waals surface area contributed by atoms with E-state index in [0.717, 1.165) is 31.6 Å². The summed E-state index contributed by atoms with van der Waals surface area (Å²) in [6.45, 7) is 2.90. The molecule has 96 valence electrons. The molecule has 1 aromatic heterocycles. The zero-order valence-corrected chi connectivity index (χ0v) is 10.7. The van der Waals surface area contributed by atoms with E-state index in [2.05, 4.69) is 17.0 Å². The fourth-order valence-corrected chi connectivity index (χ4v) is 2.79. The van der Waals surface area contributed by atoms with E-state index in [1.54, 1.807) is 13.4 Å². The molecule has 0 aromatic carbocycles. The van der Waals surface area contributed by atoms with Crippen molar-refractivity contribution in [1.82, 2.24) is 14.8 Å². The molecule has 1 fully saturated rings. The van der Waals surface area contributed by atoms with Crippen molar-refractivity contribution in [3.8, 4) is 0 Å². The van der Waals surface area contributed by atoms with Gasteiger partial charge >= 0.3 is 0 Å². The average Bonchev–Trinajstić information content (AvgIpc) is 2.97. The number of nitrogens with zero attached hydrogens (tertiary/aromatic N) is 3. The van der Waals surface area contributed by atoms with E-state index in [1.807, 2.05) is 4.68 Å². The molecule has 1 heterocycles. The highest BCUT2D eigenvalue weighted by atomic mass is 16.5. The first-order valence-electron chi connectivity index (χ1n) is 6.39. The van der Waals surface area contributed by atoms with E-state index in [0.29, 0.717) is 0 Å². The van der Waals surface area contributed by atoms with Crippen molar-refractivity contribution < 1.29 is 4.74 Å². The molecule has 1 aliphatic rings. The molecule has 2 rings (SSSR count). The number of aryl methyl sites for hydroxylation is 1. The van der Waals surface area contributed by atoms with Crippen molar-refractivity contribution in [1.29, 1.82) is 0 Å². The van der Waals surface area contributed by atoms with Crippen LogP contribution in [0.1, 0.15) is 38.4 Å². The van der Waals surface area contributed by atoms with E-state index >= 15 is 0 Å². The van der Waals surface area contributed by atoms with Crippen molar-refractivity contribution in [2.45, 2.75) is 57.2 Å². The van der Waals surface area contributed by atoms with Crippen LogP contribution < -0.4 is 5.73 Å². The SMILES string of the molecule is CCn1ncnc1CC(N)C1(OC)CCCC1. The first-order valence-corrected chi connectivity index (χ1v) is 6.39. The molecular weight excluding hydrogens is 216 g/mol. The van der Waals surface area contributed by atoms with Gasteiger partial charge in [0, 0.05) is 26.1 Å². The number of hydrogen-bond donors (Lipinski definition) is 1. The van der Waals surface area contributed by atoms with Crippen LogP contribution in [-0.2, 0) is 17.7 Å². The van der Waals surface area contributed by atoms with Gasteiger partial charge in [-0.3, -0.25) is 4.68 Å². The molecule has 5 nitrogen and oxygen atoms in total. The predicted molar refractivity (Wildman–Crippen MR) is 65.6 cm³/mol. The Labute approximate surface area is 102 Å². The summed E-state index contributed by atoms with van der Waals surface area (Å²) >= 11 is 0. The van der Waals surface area contributed by atoms with Crippen molar-refractivity contribution in [3.05, 3.63) is 12.2 Å². The molecule has 0 radical (unpaired) electrons. The third-order valence-corrected chi connectivity index (χ3v) is 3.93. The van der Waals surface area contributed by atoms with Gasteiger partial charge in [0.15, 0.2) is 0 Å². The summed E-state index contributed by atoms with van der Waals surface area (Å²) in [6, 6.07) is 0.00417. The van der Waals surface area contributed by atoms with Gasteiger partial charge in [0.25, 0.3) is 0 Å². The van der Waals surface area contributed by atoms with Crippen LogP contribution in [0.15, 0.2) is 6.33 Å². The Morgan fingerprint density at radius 3 is 2.82 bits per heavy atom. The molecule has 17 heavy (non-hydrogen) atoms. The molecule has 0 spiro atoms. The topological polar surface area (TPSA) is 66.0 Å². The van der Waals surface area contributed by atoms with Crippen LogP contribution in [0.4, 0.5) is 0 Å². The molecule has 0 amide bonds. The fraction of sp³-hybridized carbons (Fsp3) is 0.833. The lowest BCUT2D eigenvalue weighted by Gasteiger charge is -2.33. The van der Waals surface area contributed by atoms with Gasteiger partial charge in [-0.2, -0.15) is 5.10 Å². The number of methoxy groups -OCH3 is 1. The van der Waals surface area contributed by atoms with E-state index < -0.39 is 0 Å². The number of hydrogen-bond acceptors (Lipinski definition) is 4. The van der Waals surface area contributed by atoms with Gasteiger partial charge in [0.2, 0.25) is 0 Å². The van der Waals surface area contributed by atoms with Crippen molar-refractivity contribution in [2.24, 2.45) is 5.73 Å². The van der Waals surface area contributed by atoms with Gasteiger partial charge in [0.05, 0.1) is 5.60 Å². The molecule has 5 heteroatoms. The van der Waals surface area contributed by atoms with Gasteiger partial charge in [-0.25, -0.2) is 4.98 Å². The maximum atomic E-state index is 6.33. The summed E-state index contributed by atoms with van der Waals surface area (Å²) in [5.74, 6) is 0.961. The third kappa shape index (κ3) is 2.35. The summed E-state index contributed by atoms with van der Waals surface area (Å²) in [4.78, 5) is 4.28. The van der Waals surface area contributed by atoms with Crippen LogP contribution in [0, 0.1) is 0 Å². The van der Waals surface area contributed by atoms with Gasteiger partial charge in [0.1, 0.15) is 12.2 Å². The maximum absolute atomic E-state index is 6.33. The van der Waals surface area contributed by atoms with Gasteiger partial charge in [-0.1, -0.05) is 12.8 Å². The summed E-state index contributed by atoms with van der Waals surface area (Å²) < 4.78 is 7.60. The molecule has 1 saturated carbocycles. The second-order valence-corrected chi connectivity index (χ2v) is 4.78. The standard InChI is InChI=1S/C12H22N4O/c1-3-16-11(14-9-15-16)8-10(13)12(17-2)6-4-5-7-12/h9-10H,3-8,13H2,1-2H3. The second-order valence-electron chi connectivity index (χ2n) is 4.78. The number of nitrogens with two attached hydrogens (primary N) is 1. The molecular formula is C12H22N4O. The Morgan fingerprint density at radius 1 is 1.53 bits per heavy atom. The smallest absolute Gasteiger partial charge is 0.138 e. The van der Waals surface area contributed by atoms with Crippen LogP contribution in [0.5, 0.6) is 0 Å². The van der Waals surface area contributed by atoms with E-state index in [1.165, 1.54) is 12.8 Å². The Kier molecular flexibility index (Phi) is 3.79. The number of aromatic nitrogens is 3. The largest absolute Gasteiger partial charge is 0.377 e. The zero-order chi connectivity index (χ0) is 12.3. The fourth-order valence-electron chi connectivity index (χ4n) is 2.79. The average molecular weight is 238 g/mol. The van der Waals surface area contributed by atoms with E-state index in [-0.39, 0.29) is 11.6 Å². The summed E-state index contributed by atoms with van der Waals surface area (Å²) in [5, 5.41) is 4.17. The number of rotatable bonds is 5. The monoisotopic (exact) mass is 238 g/mol. The zero-order valence-electron chi connectivity index (χ0n) is 10.7. The second kappa shape index (κ2) is 5.14. The Hall–Kier alpha value is -0.940.